The molecule has 4 rings (SSSR count). The van der Waals surface area contributed by atoms with Crippen LogP contribution in [0.25, 0.3) is 11.0 Å². The summed E-state index contributed by atoms with van der Waals surface area (Å²) in [6, 6.07) is 2.09. The molecule has 0 spiro atoms. The van der Waals surface area contributed by atoms with Crippen molar-refractivity contribution in [1.82, 2.24) is 29.2 Å². The minimum atomic E-state index is 0.760. The van der Waals surface area contributed by atoms with Gasteiger partial charge in [-0.05, 0) is 72.6 Å². The van der Waals surface area contributed by atoms with Crippen LogP contribution in [0.3, 0.4) is 0 Å². The van der Waals surface area contributed by atoms with Gasteiger partial charge in [-0.1, -0.05) is 0 Å². The Bertz CT molecular complexity index is 1160. The van der Waals surface area contributed by atoms with Gasteiger partial charge in [0.2, 0.25) is 0 Å². The first-order valence-corrected chi connectivity index (χ1v) is 9.00. The van der Waals surface area contributed by atoms with Crippen molar-refractivity contribution in [3.05, 3.63) is 51.6 Å². The molecular weight excluding hydrogens is 338 g/mol. The molecule has 7 heteroatoms. The Morgan fingerprint density at radius 2 is 1.26 bits per heavy atom. The van der Waals surface area contributed by atoms with Gasteiger partial charge in [-0.15, -0.1) is 0 Å². The predicted molar refractivity (Wildman–Crippen MR) is 108 cm³/mol. The van der Waals surface area contributed by atoms with E-state index in [0.717, 1.165) is 51.2 Å². The Hall–Kier alpha value is -2.96. The smallest absolute Gasteiger partial charge is 0.127 e. The van der Waals surface area contributed by atoms with Gasteiger partial charge >= 0.3 is 0 Å². The lowest BCUT2D eigenvalue weighted by molar-refractivity contribution is 0.832. The maximum absolute atomic E-state index is 5.97. The van der Waals surface area contributed by atoms with Gasteiger partial charge in [-0.25, -0.2) is 19.0 Å². The van der Waals surface area contributed by atoms with Gasteiger partial charge in [0, 0.05) is 11.4 Å². The fourth-order valence-corrected chi connectivity index (χ4v) is 3.25. The van der Waals surface area contributed by atoms with Crippen LogP contribution in [0.1, 0.15) is 45.6 Å². The van der Waals surface area contributed by atoms with Crippen molar-refractivity contribution < 1.29 is 0 Å². The average molecular weight is 365 g/mol. The molecule has 4 aromatic rings. The molecule has 0 aliphatic carbocycles. The summed E-state index contributed by atoms with van der Waals surface area (Å²) in [6.45, 7) is 16.0. The largest absolute Gasteiger partial charge is 0.395 e. The Labute approximate surface area is 159 Å². The number of anilines is 1. The maximum Gasteiger partial charge on any atom is 0.127 e. The summed E-state index contributed by atoms with van der Waals surface area (Å²) in [5, 5.41) is 8.71. The van der Waals surface area contributed by atoms with E-state index >= 15 is 0 Å². The first-order valence-electron chi connectivity index (χ1n) is 9.00. The summed E-state index contributed by atoms with van der Waals surface area (Å²) in [5.41, 5.74) is 15.2. The molecule has 0 aromatic carbocycles. The summed E-state index contributed by atoms with van der Waals surface area (Å²) >= 11 is 0. The van der Waals surface area contributed by atoms with E-state index in [1.165, 1.54) is 11.1 Å². The van der Waals surface area contributed by atoms with Crippen LogP contribution < -0.4 is 5.73 Å². The molecule has 4 aromatic heterocycles. The van der Waals surface area contributed by atoms with E-state index in [1.807, 2.05) is 57.5 Å². The van der Waals surface area contributed by atoms with Crippen molar-refractivity contribution in [1.29, 1.82) is 0 Å². The van der Waals surface area contributed by atoms with Crippen LogP contribution >= 0.6 is 0 Å². The molecular formula is C20H27N7. The summed E-state index contributed by atoms with van der Waals surface area (Å²) in [7, 11) is 0. The molecule has 0 saturated heterocycles. The molecule has 0 aliphatic rings. The summed E-state index contributed by atoms with van der Waals surface area (Å²) in [6.07, 6.45) is 0. The Morgan fingerprint density at radius 3 is 1.89 bits per heavy atom. The van der Waals surface area contributed by atoms with Crippen molar-refractivity contribution in [2.24, 2.45) is 0 Å². The lowest BCUT2D eigenvalue weighted by atomic mass is 10.2. The first-order chi connectivity index (χ1) is 12.6. The minimum absolute atomic E-state index is 0.760. The molecule has 0 atom stereocenters. The van der Waals surface area contributed by atoms with Crippen LogP contribution in [0, 0.1) is 55.4 Å². The van der Waals surface area contributed by atoms with E-state index in [-0.39, 0.29) is 0 Å². The zero-order valence-electron chi connectivity index (χ0n) is 17.3. The fraction of sp³-hybridized carbons (Fsp3) is 0.400. The van der Waals surface area contributed by atoms with Gasteiger partial charge in [0.05, 0.1) is 28.1 Å². The normalized spacial score (nSPS) is 11.1. The number of nitrogen functional groups attached to an aromatic ring is 1. The second kappa shape index (κ2) is 6.64. The third-order valence-electron chi connectivity index (χ3n) is 5.04. The van der Waals surface area contributed by atoms with E-state index in [9.17, 15) is 0 Å². The number of nitrogens with zero attached hydrogens (tertiary/aromatic N) is 6. The molecule has 0 bridgehead atoms. The molecule has 142 valence electrons. The third-order valence-corrected chi connectivity index (χ3v) is 5.04. The summed E-state index contributed by atoms with van der Waals surface area (Å²) in [5.74, 6) is 1.83. The van der Waals surface area contributed by atoms with Crippen molar-refractivity contribution in [3.8, 4) is 0 Å². The molecule has 4 heterocycles. The summed E-state index contributed by atoms with van der Waals surface area (Å²) in [4.78, 5) is 8.82. The van der Waals surface area contributed by atoms with Gasteiger partial charge in [0.15, 0.2) is 0 Å². The van der Waals surface area contributed by atoms with E-state index in [2.05, 4.69) is 33.2 Å². The number of hydrogen-bond donors (Lipinski definition) is 1. The highest BCUT2D eigenvalue weighted by molar-refractivity contribution is 5.76. The van der Waals surface area contributed by atoms with Crippen molar-refractivity contribution in [2.75, 3.05) is 5.73 Å². The molecule has 27 heavy (non-hydrogen) atoms. The van der Waals surface area contributed by atoms with Crippen molar-refractivity contribution >= 4 is 16.7 Å². The Morgan fingerprint density at radius 1 is 0.704 bits per heavy atom. The Kier molecular flexibility index (Phi) is 4.63. The molecule has 0 unspecified atom stereocenters. The van der Waals surface area contributed by atoms with Crippen LogP contribution in [0.15, 0.2) is 6.07 Å². The monoisotopic (exact) mass is 365 g/mol. The highest BCUT2D eigenvalue weighted by Crippen LogP contribution is 2.23. The zero-order valence-corrected chi connectivity index (χ0v) is 17.3. The van der Waals surface area contributed by atoms with Crippen molar-refractivity contribution in [2.45, 2.75) is 55.4 Å². The second-order valence-corrected chi connectivity index (χ2v) is 7.08. The number of hydrogen-bond acceptors (Lipinski definition) is 5. The molecule has 0 radical (unpaired) electrons. The molecule has 0 saturated carbocycles. The number of rotatable bonds is 0. The molecule has 0 fully saturated rings. The minimum Gasteiger partial charge on any atom is -0.395 e. The van der Waals surface area contributed by atoms with Crippen LogP contribution in [0.5, 0.6) is 0 Å². The first kappa shape index (κ1) is 18.8. The second-order valence-electron chi connectivity index (χ2n) is 7.08. The molecule has 0 aliphatic heterocycles. The van der Waals surface area contributed by atoms with E-state index in [4.69, 9.17) is 5.73 Å². The predicted octanol–water partition coefficient (Wildman–Crippen LogP) is 3.51. The maximum atomic E-state index is 5.97. The lowest BCUT2D eigenvalue weighted by Crippen LogP contribution is -2.02. The van der Waals surface area contributed by atoms with Crippen LogP contribution in [0.2, 0.25) is 0 Å². The standard InChI is InChI=1S/C10H14N4.C10H13N3/c1-5-6(2)12-8(4)14-10(5)9(11)7(3)13-14;1-6-5-10-7(2)8(3)11-9(4)13(10)12-6/h11H2,1-4H3;5H,1-4H3. The van der Waals surface area contributed by atoms with Crippen LogP contribution in [-0.2, 0) is 0 Å². The highest BCUT2D eigenvalue weighted by atomic mass is 15.3. The number of aromatic nitrogens is 6. The number of aryl methyl sites for hydroxylation is 8. The lowest BCUT2D eigenvalue weighted by Gasteiger charge is -2.05. The number of fused-ring (bicyclic) bond motifs is 2. The molecule has 0 amide bonds. The van der Waals surface area contributed by atoms with Crippen molar-refractivity contribution in [3.63, 3.8) is 0 Å². The van der Waals surface area contributed by atoms with Gasteiger partial charge < -0.3 is 5.73 Å². The topological polar surface area (TPSA) is 86.4 Å². The van der Waals surface area contributed by atoms with Gasteiger partial charge in [-0.3, -0.25) is 0 Å². The zero-order chi connectivity index (χ0) is 20.0. The van der Waals surface area contributed by atoms with E-state index in [0.29, 0.717) is 0 Å². The quantitative estimate of drug-likeness (QED) is 0.515. The van der Waals surface area contributed by atoms with Crippen LogP contribution in [-0.4, -0.2) is 29.2 Å². The summed E-state index contributed by atoms with van der Waals surface area (Å²) < 4.78 is 3.71. The molecule has 2 N–H and O–H groups in total. The average Bonchev–Trinajstić information content (AvgIpc) is 3.13. The van der Waals surface area contributed by atoms with Gasteiger partial charge in [0.1, 0.15) is 11.6 Å². The SMILES string of the molecule is Cc1cc2c(C)c(C)nc(C)n2n1.Cc1nc(C)n2nc(C)c(N)c2c1C. The van der Waals surface area contributed by atoms with E-state index < -0.39 is 0 Å². The van der Waals surface area contributed by atoms with E-state index in [1.54, 1.807) is 0 Å². The third kappa shape index (κ3) is 3.13. The van der Waals surface area contributed by atoms with Crippen LogP contribution in [0.4, 0.5) is 5.69 Å². The fourth-order valence-electron chi connectivity index (χ4n) is 3.25. The molecule has 7 nitrogen and oxygen atoms in total. The van der Waals surface area contributed by atoms with Gasteiger partial charge in [0.25, 0.3) is 0 Å². The highest BCUT2D eigenvalue weighted by Gasteiger charge is 2.12. The number of nitrogens with two attached hydrogens (primary N) is 1. The Balaban J connectivity index is 0.000000156. The van der Waals surface area contributed by atoms with Gasteiger partial charge in [-0.2, -0.15) is 10.2 Å².